The lowest BCUT2D eigenvalue weighted by Gasteiger charge is -2.08. The lowest BCUT2D eigenvalue weighted by molar-refractivity contribution is 0.314. The van der Waals surface area contributed by atoms with Crippen LogP contribution in [-0.2, 0) is 13.7 Å². The average molecular weight is 232 g/mol. The van der Waals surface area contributed by atoms with Crippen molar-refractivity contribution in [1.82, 2.24) is 0 Å². The molecule has 0 heterocycles. The molecule has 0 aromatic rings. The van der Waals surface area contributed by atoms with Gasteiger partial charge in [0, 0.05) is 7.11 Å². The molecule has 0 aromatic carbocycles. The standard InChI is InChI=1S/C3H10O6P2.C2H4/c1-9-11(7,8)3-2-10(4,5)6;1-2/h2-3H2,1H3,(H,7,8)(H2,4,5,6);1-2H2. The van der Waals surface area contributed by atoms with Crippen LogP contribution in [0.5, 0.6) is 0 Å². The summed E-state index contributed by atoms with van der Waals surface area (Å²) in [5.74, 6) is 0. The SMILES string of the molecule is C=C.COP(=O)(O)CCP(=O)(O)O. The number of rotatable bonds is 4. The van der Waals surface area contributed by atoms with E-state index in [4.69, 9.17) is 14.7 Å². The Bertz CT molecular complexity index is 221. The molecule has 0 radical (unpaired) electrons. The predicted octanol–water partition coefficient (Wildman–Crippen LogP) is 0.798. The van der Waals surface area contributed by atoms with Crippen LogP contribution in [-0.4, -0.2) is 34.1 Å². The van der Waals surface area contributed by atoms with Crippen LogP contribution >= 0.6 is 15.2 Å². The van der Waals surface area contributed by atoms with Crippen LogP contribution in [0.25, 0.3) is 0 Å². The minimum absolute atomic E-state index is 0.520. The fraction of sp³-hybridized carbons (Fsp3) is 0.600. The largest absolute Gasteiger partial charge is 0.328 e. The fourth-order valence-electron chi connectivity index (χ4n) is 0.348. The van der Waals surface area contributed by atoms with Gasteiger partial charge in [-0.3, -0.25) is 9.13 Å². The maximum Gasteiger partial charge on any atom is 0.328 e. The van der Waals surface area contributed by atoms with E-state index in [2.05, 4.69) is 17.7 Å². The third-order valence-corrected chi connectivity index (χ3v) is 3.48. The van der Waals surface area contributed by atoms with Gasteiger partial charge in [-0.2, -0.15) is 0 Å². The highest BCUT2D eigenvalue weighted by atomic mass is 31.2. The summed E-state index contributed by atoms with van der Waals surface area (Å²) in [4.78, 5) is 25.3. The summed E-state index contributed by atoms with van der Waals surface area (Å²) in [6.07, 6.45) is -1.15. The van der Waals surface area contributed by atoms with Crippen LogP contribution in [0.4, 0.5) is 0 Å². The Kier molecular flexibility index (Phi) is 7.74. The van der Waals surface area contributed by atoms with Crippen LogP contribution in [0.2, 0.25) is 0 Å². The molecule has 0 bridgehead atoms. The van der Waals surface area contributed by atoms with E-state index in [0.29, 0.717) is 0 Å². The van der Waals surface area contributed by atoms with Crippen molar-refractivity contribution in [1.29, 1.82) is 0 Å². The smallest absolute Gasteiger partial charge is 0.324 e. The third-order valence-electron chi connectivity index (χ3n) is 0.959. The van der Waals surface area contributed by atoms with E-state index >= 15 is 0 Å². The van der Waals surface area contributed by atoms with Crippen LogP contribution in [0.3, 0.4) is 0 Å². The molecule has 0 saturated carbocycles. The van der Waals surface area contributed by atoms with Gasteiger partial charge in [-0.25, -0.2) is 0 Å². The molecule has 0 fully saturated rings. The van der Waals surface area contributed by atoms with E-state index in [1.54, 1.807) is 0 Å². The first-order valence-electron chi connectivity index (χ1n) is 3.19. The lowest BCUT2D eigenvalue weighted by atomic mass is 11.0. The summed E-state index contributed by atoms with van der Waals surface area (Å²) in [7, 11) is -6.94. The predicted molar refractivity (Wildman–Crippen MR) is 49.9 cm³/mol. The fourth-order valence-corrected chi connectivity index (χ4v) is 2.58. The molecule has 0 aromatic heterocycles. The van der Waals surface area contributed by atoms with E-state index in [-0.39, 0.29) is 0 Å². The van der Waals surface area contributed by atoms with Crippen LogP contribution in [0.15, 0.2) is 13.2 Å². The molecular weight excluding hydrogens is 218 g/mol. The zero-order valence-electron chi connectivity index (χ0n) is 7.29. The number of hydrogen-bond donors (Lipinski definition) is 3. The van der Waals surface area contributed by atoms with Crippen molar-refractivity contribution in [2.45, 2.75) is 0 Å². The minimum atomic E-state index is -4.19. The first-order valence-corrected chi connectivity index (χ1v) is 6.75. The van der Waals surface area contributed by atoms with Gasteiger partial charge in [0.2, 0.25) is 0 Å². The van der Waals surface area contributed by atoms with Gasteiger partial charge >= 0.3 is 15.2 Å². The third kappa shape index (κ3) is 12.0. The normalized spacial score (nSPS) is 15.4. The molecule has 0 rings (SSSR count). The quantitative estimate of drug-likeness (QED) is 0.489. The molecule has 0 amide bonds. The Labute approximate surface area is 76.9 Å². The summed E-state index contributed by atoms with van der Waals surface area (Å²) in [6.45, 7) is 6.00. The minimum Gasteiger partial charge on any atom is -0.324 e. The Balaban J connectivity index is 0. The van der Waals surface area contributed by atoms with Crippen molar-refractivity contribution in [3.63, 3.8) is 0 Å². The molecule has 80 valence electrons. The van der Waals surface area contributed by atoms with Crippen LogP contribution in [0, 0.1) is 0 Å². The Morgan fingerprint density at radius 3 is 1.77 bits per heavy atom. The van der Waals surface area contributed by atoms with Crippen molar-refractivity contribution in [3.05, 3.63) is 13.2 Å². The first-order chi connectivity index (χ1) is 5.77. The summed E-state index contributed by atoms with van der Waals surface area (Å²) in [5.41, 5.74) is 0. The van der Waals surface area contributed by atoms with E-state index in [1.807, 2.05) is 0 Å². The Morgan fingerprint density at radius 2 is 1.54 bits per heavy atom. The molecule has 8 heteroatoms. The molecule has 6 nitrogen and oxygen atoms in total. The molecule has 0 aliphatic heterocycles. The van der Waals surface area contributed by atoms with Crippen LogP contribution < -0.4 is 0 Å². The van der Waals surface area contributed by atoms with E-state index in [1.165, 1.54) is 0 Å². The van der Waals surface area contributed by atoms with Crippen molar-refractivity contribution >= 4 is 15.2 Å². The lowest BCUT2D eigenvalue weighted by Crippen LogP contribution is -1.97. The van der Waals surface area contributed by atoms with Gasteiger partial charge in [-0.05, 0) is 0 Å². The second-order valence-electron chi connectivity index (χ2n) is 1.93. The molecule has 13 heavy (non-hydrogen) atoms. The molecule has 1 atom stereocenters. The molecular formula is C5H14O6P2. The van der Waals surface area contributed by atoms with Gasteiger partial charge in [-0.15, -0.1) is 13.2 Å². The monoisotopic (exact) mass is 232 g/mol. The second kappa shape index (κ2) is 6.49. The van der Waals surface area contributed by atoms with Gasteiger partial charge in [0.15, 0.2) is 0 Å². The van der Waals surface area contributed by atoms with E-state index in [0.717, 1.165) is 7.11 Å². The van der Waals surface area contributed by atoms with Gasteiger partial charge in [-0.1, -0.05) is 0 Å². The second-order valence-corrected chi connectivity index (χ2v) is 5.80. The zero-order chi connectivity index (χ0) is 11.1. The van der Waals surface area contributed by atoms with E-state index < -0.39 is 27.5 Å². The molecule has 0 spiro atoms. The van der Waals surface area contributed by atoms with Gasteiger partial charge in [0.25, 0.3) is 0 Å². The van der Waals surface area contributed by atoms with Crippen molar-refractivity contribution in [2.75, 3.05) is 19.4 Å². The summed E-state index contributed by atoms with van der Waals surface area (Å²) >= 11 is 0. The molecule has 0 saturated heterocycles. The zero-order valence-corrected chi connectivity index (χ0v) is 9.08. The Hall–Kier alpha value is 0.0400. The average Bonchev–Trinajstić information content (AvgIpc) is 2.04. The molecule has 0 aliphatic carbocycles. The Morgan fingerprint density at radius 1 is 1.15 bits per heavy atom. The maximum atomic E-state index is 10.6. The van der Waals surface area contributed by atoms with Crippen molar-refractivity contribution < 1.29 is 28.3 Å². The first kappa shape index (κ1) is 15.5. The molecule has 3 N–H and O–H groups in total. The highest BCUT2D eigenvalue weighted by Crippen LogP contribution is 2.45. The topological polar surface area (TPSA) is 104 Å². The summed E-state index contributed by atoms with van der Waals surface area (Å²) < 4.78 is 24.9. The van der Waals surface area contributed by atoms with Crippen molar-refractivity contribution in [2.24, 2.45) is 0 Å². The van der Waals surface area contributed by atoms with E-state index in [9.17, 15) is 9.13 Å². The highest BCUT2D eigenvalue weighted by Gasteiger charge is 2.23. The molecule has 0 aliphatic rings. The summed E-state index contributed by atoms with van der Waals surface area (Å²) in [6, 6.07) is 0. The maximum absolute atomic E-state index is 10.6. The van der Waals surface area contributed by atoms with Gasteiger partial charge in [0.05, 0.1) is 12.3 Å². The molecule has 1 unspecified atom stereocenters. The highest BCUT2D eigenvalue weighted by molar-refractivity contribution is 7.56. The number of hydrogen-bond acceptors (Lipinski definition) is 3. The van der Waals surface area contributed by atoms with Crippen LogP contribution in [0.1, 0.15) is 0 Å². The van der Waals surface area contributed by atoms with Gasteiger partial charge in [0.1, 0.15) is 0 Å². The van der Waals surface area contributed by atoms with Crippen molar-refractivity contribution in [3.8, 4) is 0 Å². The van der Waals surface area contributed by atoms with Gasteiger partial charge < -0.3 is 19.2 Å². The summed E-state index contributed by atoms with van der Waals surface area (Å²) in [5, 5.41) is 0.